The molecule has 0 spiro atoms. The molecule has 2 rings (SSSR count). The van der Waals surface area contributed by atoms with Crippen LogP contribution in [0, 0.1) is 0 Å². The molecule has 0 saturated carbocycles. The number of rotatable bonds is 5. The monoisotopic (exact) mass is 273 g/mol. The zero-order valence-corrected chi connectivity index (χ0v) is 11.1. The quantitative estimate of drug-likeness (QED) is 0.617. The second-order valence-electron chi connectivity index (χ2n) is 3.93. The predicted molar refractivity (Wildman–Crippen MR) is 76.1 cm³/mol. The summed E-state index contributed by atoms with van der Waals surface area (Å²) in [5.74, 6) is -0.289. The van der Waals surface area contributed by atoms with Crippen molar-refractivity contribution < 1.29 is 14.3 Å². The topological polar surface area (TPSA) is 43.4 Å². The van der Waals surface area contributed by atoms with Gasteiger partial charge in [-0.25, -0.2) is 4.79 Å². The molecule has 2 aromatic carbocycles. The maximum Gasteiger partial charge on any atom is 0.320 e. The molecule has 0 bridgehead atoms. The lowest BCUT2D eigenvalue weighted by Crippen LogP contribution is -2.17. The van der Waals surface area contributed by atoms with Crippen LogP contribution in [0.3, 0.4) is 0 Å². The lowest BCUT2D eigenvalue weighted by atomic mass is 10.00. The summed E-state index contributed by atoms with van der Waals surface area (Å²) in [6.07, 6.45) is -0.996. The first-order valence-corrected chi connectivity index (χ1v) is 6.25. The summed E-state index contributed by atoms with van der Waals surface area (Å²) in [4.78, 5) is 23.8. The SMILES string of the molecule is [2H]PC(=O)OC(C(=O)c1ccccc1)c1ccccc1. The molecule has 2 atom stereocenters. The maximum atomic E-state index is 12.5. The van der Waals surface area contributed by atoms with Gasteiger partial charge in [0.1, 0.15) is 0 Å². The number of Topliss-reactive ketones (excluding diaryl/α,β-unsaturated/α-hetero) is 1. The molecular weight excluding hydrogens is 259 g/mol. The lowest BCUT2D eigenvalue weighted by molar-refractivity contribution is 0.0695. The third-order valence-electron chi connectivity index (χ3n) is 2.62. The molecule has 2 aromatic rings. The lowest BCUT2D eigenvalue weighted by Gasteiger charge is -2.16. The maximum absolute atomic E-state index is 12.5. The van der Waals surface area contributed by atoms with Crippen molar-refractivity contribution in [1.29, 1.82) is 1.28 Å². The number of benzene rings is 2. The number of hydrogen-bond donors (Lipinski definition) is 0. The Kier molecular flexibility index (Phi) is 3.97. The molecular formula is C15H13O3P. The van der Waals surface area contributed by atoms with E-state index < -0.39 is 21.0 Å². The van der Waals surface area contributed by atoms with Crippen LogP contribution in [-0.4, -0.2) is 12.8 Å². The van der Waals surface area contributed by atoms with E-state index in [4.69, 9.17) is 6.02 Å². The summed E-state index contributed by atoms with van der Waals surface area (Å²) in [6.45, 7) is 0. The molecule has 3 nitrogen and oxygen atoms in total. The van der Waals surface area contributed by atoms with Crippen LogP contribution in [0.15, 0.2) is 60.7 Å². The van der Waals surface area contributed by atoms with Gasteiger partial charge >= 0.3 is 5.71 Å². The summed E-state index contributed by atoms with van der Waals surface area (Å²) < 4.78 is 12.2. The molecule has 0 aromatic heterocycles. The standard InChI is InChI=1S/C15H13O3P/c16-13(11-7-3-1-4-8-11)14(18-15(17)19)12-9-5-2-6-10-12/h1-10,14H,19H2/i19D. The van der Waals surface area contributed by atoms with Gasteiger partial charge in [-0.1, -0.05) is 60.7 Å². The summed E-state index contributed by atoms with van der Waals surface area (Å²) in [5.41, 5.74) is 0.388. The van der Waals surface area contributed by atoms with Crippen LogP contribution < -0.4 is 0 Å². The Labute approximate surface area is 115 Å². The van der Waals surface area contributed by atoms with E-state index in [2.05, 4.69) is 0 Å². The average Bonchev–Trinajstić information content (AvgIpc) is 2.53. The molecule has 4 heteroatoms. The van der Waals surface area contributed by atoms with Gasteiger partial charge in [-0.2, -0.15) is 0 Å². The highest BCUT2D eigenvalue weighted by atomic mass is 31.0. The second kappa shape index (κ2) is 6.26. The van der Waals surface area contributed by atoms with Crippen LogP contribution in [-0.2, 0) is 4.74 Å². The molecule has 0 aliphatic carbocycles. The van der Waals surface area contributed by atoms with Gasteiger partial charge in [-0.05, 0) is 9.18 Å². The highest BCUT2D eigenvalue weighted by molar-refractivity contribution is 7.39. The summed E-state index contributed by atoms with van der Waals surface area (Å²) >= 11 is 0. The van der Waals surface area contributed by atoms with Gasteiger partial charge in [-0.15, -0.1) is 0 Å². The van der Waals surface area contributed by atoms with Crippen molar-refractivity contribution in [2.75, 3.05) is 0 Å². The van der Waals surface area contributed by atoms with Crippen LogP contribution in [0.1, 0.15) is 22.0 Å². The van der Waals surface area contributed by atoms with Gasteiger partial charge in [0, 0.05) is 11.1 Å². The minimum atomic E-state index is -0.996. The van der Waals surface area contributed by atoms with Crippen molar-refractivity contribution in [1.82, 2.24) is 0 Å². The number of carbonyl (C=O) groups excluding carboxylic acids is 2. The fourth-order valence-corrected chi connectivity index (χ4v) is 1.88. The van der Waals surface area contributed by atoms with E-state index >= 15 is 0 Å². The van der Waals surface area contributed by atoms with E-state index in [1.54, 1.807) is 48.5 Å². The minimum absolute atomic E-state index is 0.289. The van der Waals surface area contributed by atoms with Crippen molar-refractivity contribution in [3.63, 3.8) is 0 Å². The van der Waals surface area contributed by atoms with Gasteiger partial charge in [-0.3, -0.25) is 4.79 Å². The molecule has 0 aliphatic heterocycles. The molecule has 0 fully saturated rings. The van der Waals surface area contributed by atoms with Crippen LogP contribution in [0.25, 0.3) is 0 Å². The first kappa shape index (κ1) is 12.1. The third kappa shape index (κ3) is 3.49. The van der Waals surface area contributed by atoms with E-state index in [0.717, 1.165) is 0 Å². The Balaban J connectivity index is 2.32. The first-order valence-electron chi connectivity index (χ1n) is 6.25. The smallest absolute Gasteiger partial charge is 0.320 e. The molecule has 0 aliphatic rings. The average molecular weight is 273 g/mol. The number of ketones is 1. The number of hydrogen-bond acceptors (Lipinski definition) is 3. The van der Waals surface area contributed by atoms with Gasteiger partial charge in [0.15, 0.2) is 6.10 Å². The predicted octanol–water partition coefficient (Wildman–Crippen LogP) is 3.62. The van der Waals surface area contributed by atoms with Crippen molar-refractivity contribution >= 4 is 20.7 Å². The largest absolute Gasteiger partial charge is 0.446 e. The minimum Gasteiger partial charge on any atom is -0.446 e. The molecule has 2 unspecified atom stereocenters. The fourth-order valence-electron chi connectivity index (χ4n) is 1.76. The molecule has 19 heavy (non-hydrogen) atoms. The van der Waals surface area contributed by atoms with Crippen LogP contribution in [0.5, 0.6) is 0 Å². The van der Waals surface area contributed by atoms with Crippen LogP contribution in [0.4, 0.5) is 4.79 Å². The van der Waals surface area contributed by atoms with Gasteiger partial charge in [0.05, 0.1) is 1.28 Å². The number of carbonyl (C=O) groups is 2. The Bertz CT molecular complexity index is 587. The Hall–Kier alpha value is -1.99. The number of ether oxygens (including phenoxy) is 1. The highest BCUT2D eigenvalue weighted by Gasteiger charge is 2.24. The van der Waals surface area contributed by atoms with Crippen LogP contribution >= 0.6 is 9.18 Å². The van der Waals surface area contributed by atoms with E-state index in [9.17, 15) is 9.59 Å². The zero-order valence-electron chi connectivity index (χ0n) is 11.1. The Morgan fingerprint density at radius 3 is 2.16 bits per heavy atom. The van der Waals surface area contributed by atoms with Gasteiger partial charge in [0.25, 0.3) is 0 Å². The third-order valence-corrected chi connectivity index (χ3v) is 2.74. The normalized spacial score (nSPS) is 12.9. The van der Waals surface area contributed by atoms with Crippen molar-refractivity contribution in [2.45, 2.75) is 6.10 Å². The van der Waals surface area contributed by atoms with E-state index in [-0.39, 0.29) is 5.78 Å². The summed E-state index contributed by atoms with van der Waals surface area (Å²) in [7, 11) is -0.744. The summed E-state index contributed by atoms with van der Waals surface area (Å²) in [6, 6.07) is 17.5. The van der Waals surface area contributed by atoms with Gasteiger partial charge < -0.3 is 4.74 Å². The molecule has 0 saturated heterocycles. The first-order chi connectivity index (χ1) is 9.72. The Morgan fingerprint density at radius 1 is 1.00 bits per heavy atom. The van der Waals surface area contributed by atoms with E-state index in [1.807, 2.05) is 12.1 Å². The van der Waals surface area contributed by atoms with E-state index in [1.165, 1.54) is 0 Å². The molecule has 0 heterocycles. The van der Waals surface area contributed by atoms with E-state index in [0.29, 0.717) is 11.1 Å². The van der Waals surface area contributed by atoms with Gasteiger partial charge in [0.2, 0.25) is 5.78 Å². The van der Waals surface area contributed by atoms with Crippen LogP contribution in [0.2, 0.25) is 0 Å². The van der Waals surface area contributed by atoms with Crippen molar-refractivity contribution in [3.05, 3.63) is 71.8 Å². The van der Waals surface area contributed by atoms with Crippen molar-refractivity contribution in [3.8, 4) is 0 Å². The molecule has 0 amide bonds. The second-order valence-corrected chi connectivity index (χ2v) is 4.33. The molecule has 0 N–H and O–H groups in total. The van der Waals surface area contributed by atoms with Crippen molar-refractivity contribution in [2.24, 2.45) is 0 Å². The fraction of sp³-hybridized carbons (Fsp3) is 0.0667. The zero-order chi connectivity index (χ0) is 14.4. The molecule has 0 radical (unpaired) electrons. The Morgan fingerprint density at radius 2 is 1.58 bits per heavy atom. The summed E-state index contributed by atoms with van der Waals surface area (Å²) in [5, 5.41) is 0. The highest BCUT2D eigenvalue weighted by Crippen LogP contribution is 2.23. The molecule has 96 valence electrons.